The van der Waals surface area contributed by atoms with Crippen LogP contribution < -0.4 is 10.0 Å². The second-order valence-electron chi connectivity index (χ2n) is 5.06. The molecule has 0 saturated heterocycles. The summed E-state index contributed by atoms with van der Waals surface area (Å²) in [5.41, 5.74) is 2.47. The molecule has 0 bridgehead atoms. The molecule has 18 heavy (non-hydrogen) atoms. The summed E-state index contributed by atoms with van der Waals surface area (Å²) in [5.74, 6) is 0.409. The minimum absolute atomic E-state index is 0.156. The third-order valence-corrected chi connectivity index (χ3v) is 4.74. The summed E-state index contributed by atoms with van der Waals surface area (Å²) in [6, 6.07) is 0. The lowest BCUT2D eigenvalue weighted by atomic mass is 9.99. The molecular formula is C12H24N2O2S2. The molecule has 6 heteroatoms. The lowest BCUT2D eigenvalue weighted by molar-refractivity contribution is 0.583. The largest absolute Gasteiger partial charge is 0.358 e. The van der Waals surface area contributed by atoms with Crippen LogP contribution in [0, 0.1) is 5.92 Å². The van der Waals surface area contributed by atoms with Crippen molar-refractivity contribution in [1.29, 1.82) is 0 Å². The van der Waals surface area contributed by atoms with Gasteiger partial charge in [-0.15, -0.1) is 0 Å². The number of allylic oxidation sites excluding steroid dienone is 1. The molecule has 0 fully saturated rings. The molecule has 4 nitrogen and oxygen atoms in total. The zero-order chi connectivity index (χ0) is 14.5. The summed E-state index contributed by atoms with van der Waals surface area (Å²) in [7, 11) is -3.36. The Labute approximate surface area is 116 Å². The van der Waals surface area contributed by atoms with Gasteiger partial charge >= 0.3 is 0 Å². The first-order valence-electron chi connectivity index (χ1n) is 6.03. The Bertz CT molecular complexity index is 419. The second kappa shape index (κ2) is 7.09. The Kier molecular flexibility index (Phi) is 6.84. The quantitative estimate of drug-likeness (QED) is 0.602. The van der Waals surface area contributed by atoms with E-state index in [0.717, 1.165) is 0 Å². The number of hydrogen-bond donors (Lipinski definition) is 2. The molecule has 0 atom stereocenters. The van der Waals surface area contributed by atoms with Gasteiger partial charge in [0.1, 0.15) is 0 Å². The van der Waals surface area contributed by atoms with E-state index in [0.29, 0.717) is 12.5 Å². The van der Waals surface area contributed by atoms with E-state index in [9.17, 15) is 8.42 Å². The van der Waals surface area contributed by atoms with Gasteiger partial charge in [-0.25, -0.2) is 8.42 Å². The predicted molar refractivity (Wildman–Crippen MR) is 81.0 cm³/mol. The zero-order valence-electron chi connectivity index (χ0n) is 12.0. The van der Waals surface area contributed by atoms with Crippen molar-refractivity contribution in [3.8, 4) is 0 Å². The third-order valence-electron chi connectivity index (χ3n) is 2.63. The molecule has 0 spiro atoms. The Morgan fingerprint density at radius 3 is 2.00 bits per heavy atom. The average molecular weight is 292 g/mol. The fourth-order valence-corrected chi connectivity index (χ4v) is 2.40. The van der Waals surface area contributed by atoms with Gasteiger partial charge in [-0.05, 0) is 51.4 Å². The molecular weight excluding hydrogens is 268 g/mol. The number of thiocarbonyl (C=S) groups is 1. The minimum atomic E-state index is -3.36. The standard InChI is InChI=1S/C12H24N2O2S2/c1-8(2)11(9(3)4)7-13-12(17)14-18(15,16)10(5)6/h8,10H,7H2,1-6H3,(H2,13,14,17). The maximum atomic E-state index is 11.6. The predicted octanol–water partition coefficient (Wildman–Crippen LogP) is 2.18. The van der Waals surface area contributed by atoms with Crippen molar-refractivity contribution in [3.05, 3.63) is 11.1 Å². The fraction of sp³-hybridized carbons (Fsp3) is 0.750. The molecule has 0 heterocycles. The molecule has 0 amide bonds. The van der Waals surface area contributed by atoms with Crippen molar-refractivity contribution in [2.75, 3.05) is 6.54 Å². The Morgan fingerprint density at radius 2 is 1.67 bits per heavy atom. The van der Waals surface area contributed by atoms with Crippen molar-refractivity contribution in [2.24, 2.45) is 5.92 Å². The topological polar surface area (TPSA) is 58.2 Å². The number of nitrogens with one attached hydrogen (secondary N) is 2. The van der Waals surface area contributed by atoms with Gasteiger partial charge in [0.25, 0.3) is 0 Å². The summed E-state index contributed by atoms with van der Waals surface area (Å²) >= 11 is 4.99. The van der Waals surface area contributed by atoms with E-state index in [2.05, 4.69) is 23.9 Å². The molecule has 0 aliphatic carbocycles. The number of hydrogen-bond acceptors (Lipinski definition) is 3. The van der Waals surface area contributed by atoms with Gasteiger partial charge in [-0.3, -0.25) is 4.72 Å². The maximum Gasteiger partial charge on any atom is 0.236 e. The number of sulfonamides is 1. The van der Waals surface area contributed by atoms with Crippen LogP contribution in [0.1, 0.15) is 41.5 Å². The Hall–Kier alpha value is -0.620. The third kappa shape index (κ3) is 5.82. The Balaban J connectivity index is 4.50. The summed E-state index contributed by atoms with van der Waals surface area (Å²) in [6.07, 6.45) is 0. The molecule has 2 N–H and O–H groups in total. The van der Waals surface area contributed by atoms with Crippen LogP contribution >= 0.6 is 12.2 Å². The molecule has 0 radical (unpaired) electrons. The first-order chi connectivity index (χ1) is 8.08. The highest BCUT2D eigenvalue weighted by Crippen LogP contribution is 2.13. The molecule has 0 aromatic heterocycles. The SMILES string of the molecule is CC(C)=C(CNC(=S)NS(=O)(=O)C(C)C)C(C)C. The average Bonchev–Trinajstić information content (AvgIpc) is 2.15. The monoisotopic (exact) mass is 292 g/mol. The van der Waals surface area contributed by atoms with Crippen molar-refractivity contribution in [3.63, 3.8) is 0 Å². The fourth-order valence-electron chi connectivity index (χ4n) is 1.42. The van der Waals surface area contributed by atoms with Gasteiger partial charge in [-0.1, -0.05) is 19.4 Å². The first-order valence-corrected chi connectivity index (χ1v) is 7.99. The van der Waals surface area contributed by atoms with Crippen LogP contribution in [0.15, 0.2) is 11.1 Å². The van der Waals surface area contributed by atoms with E-state index in [-0.39, 0.29) is 5.11 Å². The van der Waals surface area contributed by atoms with Crippen LogP contribution in [-0.2, 0) is 10.0 Å². The normalized spacial score (nSPS) is 11.6. The van der Waals surface area contributed by atoms with Crippen LogP contribution in [0.4, 0.5) is 0 Å². The number of rotatable bonds is 5. The maximum absolute atomic E-state index is 11.6. The molecule has 0 aromatic carbocycles. The van der Waals surface area contributed by atoms with Gasteiger partial charge in [0.15, 0.2) is 5.11 Å². The lowest BCUT2D eigenvalue weighted by Gasteiger charge is -2.17. The van der Waals surface area contributed by atoms with Gasteiger partial charge in [0.2, 0.25) is 10.0 Å². The van der Waals surface area contributed by atoms with Crippen molar-refractivity contribution < 1.29 is 8.42 Å². The molecule has 0 saturated carbocycles. The summed E-state index contributed by atoms with van der Waals surface area (Å²) in [5, 5.41) is 2.60. The smallest absolute Gasteiger partial charge is 0.236 e. The van der Waals surface area contributed by atoms with Gasteiger partial charge in [0.05, 0.1) is 5.25 Å². The highest BCUT2D eigenvalue weighted by molar-refractivity contribution is 7.92. The van der Waals surface area contributed by atoms with Crippen molar-refractivity contribution >= 4 is 27.4 Å². The van der Waals surface area contributed by atoms with Crippen LogP contribution in [-0.4, -0.2) is 25.3 Å². The molecule has 0 rings (SSSR count). The van der Waals surface area contributed by atoms with Gasteiger partial charge in [-0.2, -0.15) is 0 Å². The van der Waals surface area contributed by atoms with Crippen molar-refractivity contribution in [2.45, 2.75) is 46.8 Å². The highest BCUT2D eigenvalue weighted by atomic mass is 32.2. The molecule has 0 aliphatic rings. The molecule has 0 aliphatic heterocycles. The second-order valence-corrected chi connectivity index (χ2v) is 7.70. The highest BCUT2D eigenvalue weighted by Gasteiger charge is 2.17. The summed E-state index contributed by atoms with van der Waals surface area (Å²) in [4.78, 5) is 0. The lowest BCUT2D eigenvalue weighted by Crippen LogP contribution is -2.43. The van der Waals surface area contributed by atoms with E-state index >= 15 is 0 Å². The summed E-state index contributed by atoms with van der Waals surface area (Å²) < 4.78 is 25.6. The van der Waals surface area contributed by atoms with E-state index in [1.807, 2.05) is 13.8 Å². The summed E-state index contributed by atoms with van der Waals surface area (Å²) in [6.45, 7) is 12.1. The first kappa shape index (κ1) is 17.4. The van der Waals surface area contributed by atoms with E-state index in [4.69, 9.17) is 12.2 Å². The van der Waals surface area contributed by atoms with Crippen LogP contribution in [0.2, 0.25) is 0 Å². The van der Waals surface area contributed by atoms with Crippen LogP contribution in [0.5, 0.6) is 0 Å². The van der Waals surface area contributed by atoms with E-state index in [1.54, 1.807) is 13.8 Å². The van der Waals surface area contributed by atoms with Gasteiger partial charge < -0.3 is 5.32 Å². The van der Waals surface area contributed by atoms with Crippen LogP contribution in [0.3, 0.4) is 0 Å². The molecule has 106 valence electrons. The van der Waals surface area contributed by atoms with Crippen molar-refractivity contribution in [1.82, 2.24) is 10.0 Å². The molecule has 0 unspecified atom stereocenters. The zero-order valence-corrected chi connectivity index (χ0v) is 13.6. The van der Waals surface area contributed by atoms with Gasteiger partial charge in [0, 0.05) is 6.54 Å². The Morgan fingerprint density at radius 1 is 1.17 bits per heavy atom. The van der Waals surface area contributed by atoms with E-state index in [1.165, 1.54) is 11.1 Å². The minimum Gasteiger partial charge on any atom is -0.358 e. The van der Waals surface area contributed by atoms with Crippen LogP contribution in [0.25, 0.3) is 0 Å². The molecule has 0 aromatic rings. The van der Waals surface area contributed by atoms with E-state index < -0.39 is 15.3 Å².